The van der Waals surface area contributed by atoms with E-state index in [1.54, 1.807) is 12.1 Å². The monoisotopic (exact) mass is 228 g/mol. The summed E-state index contributed by atoms with van der Waals surface area (Å²) < 4.78 is 10.8. The molecule has 0 unspecified atom stereocenters. The molecule has 0 saturated heterocycles. The second-order valence-corrected chi connectivity index (χ2v) is 4.32. The van der Waals surface area contributed by atoms with Crippen LogP contribution in [0.25, 0.3) is 21.9 Å². The summed E-state index contributed by atoms with van der Waals surface area (Å²) in [5.74, 6) is 0.903. The van der Waals surface area contributed by atoms with Crippen molar-refractivity contribution < 1.29 is 8.83 Å². The second kappa shape index (κ2) is 3.23. The minimum atomic E-state index is -0.337. The lowest BCUT2D eigenvalue weighted by Crippen LogP contribution is -1.95. The standard InChI is InChI=1S/C14H12O3/c1-7-9(3)16-12-6-11-10(8(2)14(7)12)4-5-13(15)17-11/h4-6H,1-3H3. The highest BCUT2D eigenvalue weighted by Gasteiger charge is 2.13. The molecule has 0 radical (unpaired) electrons. The fourth-order valence-corrected chi connectivity index (χ4v) is 2.32. The quantitative estimate of drug-likeness (QED) is 0.553. The summed E-state index contributed by atoms with van der Waals surface area (Å²) in [5.41, 5.74) is 3.26. The molecule has 0 aliphatic heterocycles. The summed E-state index contributed by atoms with van der Waals surface area (Å²) in [6.07, 6.45) is 0. The number of rotatable bonds is 0. The van der Waals surface area contributed by atoms with Gasteiger partial charge in [-0.05, 0) is 38.0 Å². The van der Waals surface area contributed by atoms with Gasteiger partial charge in [-0.1, -0.05) is 0 Å². The van der Waals surface area contributed by atoms with Gasteiger partial charge in [-0.2, -0.15) is 0 Å². The molecule has 2 aromatic heterocycles. The average Bonchev–Trinajstić information content (AvgIpc) is 2.54. The van der Waals surface area contributed by atoms with Crippen LogP contribution in [0.5, 0.6) is 0 Å². The van der Waals surface area contributed by atoms with E-state index in [2.05, 4.69) is 0 Å². The van der Waals surface area contributed by atoms with Crippen molar-refractivity contribution in [1.29, 1.82) is 0 Å². The predicted molar refractivity (Wildman–Crippen MR) is 66.5 cm³/mol. The number of hydrogen-bond donors (Lipinski definition) is 0. The first kappa shape index (κ1) is 10.1. The Kier molecular flexibility index (Phi) is 1.93. The molecule has 17 heavy (non-hydrogen) atoms. The summed E-state index contributed by atoms with van der Waals surface area (Å²) in [4.78, 5) is 11.2. The highest BCUT2D eigenvalue weighted by atomic mass is 16.4. The van der Waals surface area contributed by atoms with Gasteiger partial charge in [-0.15, -0.1) is 0 Å². The van der Waals surface area contributed by atoms with Gasteiger partial charge in [-0.3, -0.25) is 0 Å². The van der Waals surface area contributed by atoms with E-state index in [0.717, 1.165) is 33.2 Å². The smallest absolute Gasteiger partial charge is 0.336 e. The highest BCUT2D eigenvalue weighted by Crippen LogP contribution is 2.32. The maximum atomic E-state index is 11.2. The fourth-order valence-electron chi connectivity index (χ4n) is 2.32. The van der Waals surface area contributed by atoms with Crippen LogP contribution in [-0.4, -0.2) is 0 Å². The number of hydrogen-bond acceptors (Lipinski definition) is 3. The zero-order chi connectivity index (χ0) is 12.2. The van der Waals surface area contributed by atoms with Gasteiger partial charge in [-0.25, -0.2) is 4.79 Å². The zero-order valence-electron chi connectivity index (χ0n) is 9.96. The van der Waals surface area contributed by atoms with Gasteiger partial charge < -0.3 is 8.83 Å². The van der Waals surface area contributed by atoms with Crippen LogP contribution < -0.4 is 5.63 Å². The Morgan fingerprint density at radius 2 is 1.71 bits per heavy atom. The molecule has 0 atom stereocenters. The van der Waals surface area contributed by atoms with E-state index in [4.69, 9.17) is 8.83 Å². The molecule has 1 aromatic carbocycles. The van der Waals surface area contributed by atoms with Crippen molar-refractivity contribution in [2.45, 2.75) is 20.8 Å². The van der Waals surface area contributed by atoms with Crippen molar-refractivity contribution in [2.24, 2.45) is 0 Å². The van der Waals surface area contributed by atoms with E-state index < -0.39 is 0 Å². The van der Waals surface area contributed by atoms with Crippen molar-refractivity contribution >= 4 is 21.9 Å². The fraction of sp³-hybridized carbons (Fsp3) is 0.214. The summed E-state index contributed by atoms with van der Waals surface area (Å²) in [6.45, 7) is 6.00. The van der Waals surface area contributed by atoms with Crippen molar-refractivity contribution in [3.05, 3.63) is 45.5 Å². The van der Waals surface area contributed by atoms with Gasteiger partial charge in [0.2, 0.25) is 0 Å². The summed E-state index contributed by atoms with van der Waals surface area (Å²) in [7, 11) is 0. The molecule has 3 nitrogen and oxygen atoms in total. The van der Waals surface area contributed by atoms with Crippen molar-refractivity contribution in [2.75, 3.05) is 0 Å². The second-order valence-electron chi connectivity index (χ2n) is 4.32. The van der Waals surface area contributed by atoms with E-state index in [1.165, 1.54) is 6.07 Å². The highest BCUT2D eigenvalue weighted by molar-refractivity contribution is 5.99. The molecule has 0 spiro atoms. The van der Waals surface area contributed by atoms with Gasteiger partial charge in [0.15, 0.2) is 0 Å². The third kappa shape index (κ3) is 1.32. The lowest BCUT2D eigenvalue weighted by atomic mass is 10.0. The van der Waals surface area contributed by atoms with Crippen molar-refractivity contribution in [1.82, 2.24) is 0 Å². The first-order valence-corrected chi connectivity index (χ1v) is 5.51. The zero-order valence-corrected chi connectivity index (χ0v) is 9.96. The number of benzene rings is 1. The van der Waals surface area contributed by atoms with Crippen LogP contribution in [0.1, 0.15) is 16.9 Å². The van der Waals surface area contributed by atoms with E-state index in [0.29, 0.717) is 5.58 Å². The molecular formula is C14H12O3. The van der Waals surface area contributed by atoms with E-state index in [-0.39, 0.29) is 5.63 Å². The number of fused-ring (bicyclic) bond motifs is 2. The summed E-state index contributed by atoms with van der Waals surface area (Å²) in [6, 6.07) is 5.04. The molecule has 3 aromatic rings. The normalized spacial score (nSPS) is 11.5. The Morgan fingerprint density at radius 1 is 0.941 bits per heavy atom. The van der Waals surface area contributed by atoms with Crippen molar-refractivity contribution in [3.8, 4) is 0 Å². The Balaban J connectivity index is 2.61. The van der Waals surface area contributed by atoms with Gasteiger partial charge in [0.25, 0.3) is 0 Å². The van der Waals surface area contributed by atoms with E-state index >= 15 is 0 Å². The van der Waals surface area contributed by atoms with Gasteiger partial charge >= 0.3 is 5.63 Å². The van der Waals surface area contributed by atoms with Crippen molar-refractivity contribution in [3.63, 3.8) is 0 Å². The molecule has 0 N–H and O–H groups in total. The Labute approximate surface area is 97.7 Å². The molecular weight excluding hydrogens is 216 g/mol. The van der Waals surface area contributed by atoms with Crippen LogP contribution in [0.15, 0.2) is 31.8 Å². The minimum absolute atomic E-state index is 0.337. The average molecular weight is 228 g/mol. The van der Waals surface area contributed by atoms with Gasteiger partial charge in [0.05, 0.1) is 0 Å². The number of aryl methyl sites for hydroxylation is 3. The summed E-state index contributed by atoms with van der Waals surface area (Å²) in [5, 5.41) is 2.07. The molecule has 0 fully saturated rings. The first-order valence-electron chi connectivity index (χ1n) is 5.51. The minimum Gasteiger partial charge on any atom is -0.461 e. The SMILES string of the molecule is Cc1oc2cc3oc(=O)ccc3c(C)c2c1C. The first-order chi connectivity index (χ1) is 8.08. The van der Waals surface area contributed by atoms with Crippen LogP contribution >= 0.6 is 0 Å². The lowest BCUT2D eigenvalue weighted by molar-refractivity contribution is 0.555. The van der Waals surface area contributed by atoms with Gasteiger partial charge in [0, 0.05) is 22.9 Å². The Bertz CT molecular complexity index is 790. The molecule has 3 heteroatoms. The van der Waals surface area contributed by atoms with Crippen LogP contribution in [0.3, 0.4) is 0 Å². The molecule has 2 heterocycles. The van der Waals surface area contributed by atoms with Crippen LogP contribution in [-0.2, 0) is 0 Å². The topological polar surface area (TPSA) is 43.4 Å². The molecule has 86 valence electrons. The maximum Gasteiger partial charge on any atom is 0.336 e. The van der Waals surface area contributed by atoms with E-state index in [9.17, 15) is 4.79 Å². The largest absolute Gasteiger partial charge is 0.461 e. The third-order valence-electron chi connectivity index (χ3n) is 3.32. The molecule has 0 aliphatic rings. The lowest BCUT2D eigenvalue weighted by Gasteiger charge is -2.02. The molecule has 0 aliphatic carbocycles. The van der Waals surface area contributed by atoms with Gasteiger partial charge in [0.1, 0.15) is 16.9 Å². The van der Waals surface area contributed by atoms with Crippen LogP contribution in [0.4, 0.5) is 0 Å². The molecule has 0 amide bonds. The predicted octanol–water partition coefficient (Wildman–Crippen LogP) is 3.46. The Hall–Kier alpha value is -2.03. The molecule has 0 saturated carbocycles. The van der Waals surface area contributed by atoms with Crippen LogP contribution in [0, 0.1) is 20.8 Å². The van der Waals surface area contributed by atoms with E-state index in [1.807, 2.05) is 20.8 Å². The number of furan rings is 1. The third-order valence-corrected chi connectivity index (χ3v) is 3.32. The molecule has 3 rings (SSSR count). The maximum absolute atomic E-state index is 11.2. The molecule has 0 bridgehead atoms. The summed E-state index contributed by atoms with van der Waals surface area (Å²) >= 11 is 0. The van der Waals surface area contributed by atoms with Crippen LogP contribution in [0.2, 0.25) is 0 Å². The Morgan fingerprint density at radius 3 is 2.47 bits per heavy atom.